The Labute approximate surface area is 139 Å². The molecule has 6 nitrogen and oxygen atoms in total. The van der Waals surface area contributed by atoms with Crippen LogP contribution in [-0.4, -0.2) is 33.5 Å². The fourth-order valence-corrected chi connectivity index (χ4v) is 3.16. The highest BCUT2D eigenvalue weighted by atomic mass is 32.2. The van der Waals surface area contributed by atoms with Crippen LogP contribution in [0.15, 0.2) is 35.7 Å². The summed E-state index contributed by atoms with van der Waals surface area (Å²) in [4.78, 5) is 12.3. The van der Waals surface area contributed by atoms with Crippen LogP contribution >= 0.6 is 11.8 Å². The van der Waals surface area contributed by atoms with Gasteiger partial charge < -0.3 is 14.6 Å². The summed E-state index contributed by atoms with van der Waals surface area (Å²) in [5, 5.41) is 11.7. The number of benzene rings is 1. The largest absolute Gasteiger partial charge is 0.497 e. The third-order valence-electron chi connectivity index (χ3n) is 3.89. The third kappa shape index (κ3) is 4.04. The van der Waals surface area contributed by atoms with Gasteiger partial charge in [0.1, 0.15) is 12.1 Å². The van der Waals surface area contributed by atoms with E-state index in [9.17, 15) is 4.79 Å². The van der Waals surface area contributed by atoms with Crippen LogP contribution in [0.3, 0.4) is 0 Å². The van der Waals surface area contributed by atoms with Gasteiger partial charge in [0, 0.05) is 7.05 Å². The lowest BCUT2D eigenvalue weighted by atomic mass is 10.0. The van der Waals surface area contributed by atoms with E-state index in [1.807, 2.05) is 31.3 Å². The van der Waals surface area contributed by atoms with Crippen LogP contribution in [0.2, 0.25) is 0 Å². The van der Waals surface area contributed by atoms with Gasteiger partial charge in [-0.15, -0.1) is 10.2 Å². The molecule has 0 saturated heterocycles. The Morgan fingerprint density at radius 2 is 2.17 bits per heavy atom. The van der Waals surface area contributed by atoms with Gasteiger partial charge in [0.05, 0.1) is 18.9 Å². The first-order valence-electron chi connectivity index (χ1n) is 7.57. The third-order valence-corrected chi connectivity index (χ3v) is 4.92. The molecule has 122 valence electrons. The molecule has 1 saturated carbocycles. The summed E-state index contributed by atoms with van der Waals surface area (Å²) in [6.07, 6.45) is 3.95. The maximum Gasteiger partial charge on any atom is 0.230 e. The molecule has 1 aromatic heterocycles. The van der Waals surface area contributed by atoms with E-state index in [2.05, 4.69) is 15.5 Å². The molecule has 23 heavy (non-hydrogen) atoms. The fourth-order valence-electron chi connectivity index (χ4n) is 2.46. The van der Waals surface area contributed by atoms with Crippen molar-refractivity contribution < 1.29 is 9.53 Å². The first kappa shape index (κ1) is 15.9. The molecule has 1 N–H and O–H groups in total. The Kier molecular flexibility index (Phi) is 4.85. The normalized spacial score (nSPS) is 15.2. The van der Waals surface area contributed by atoms with Gasteiger partial charge in [-0.3, -0.25) is 4.79 Å². The zero-order valence-electron chi connectivity index (χ0n) is 13.2. The van der Waals surface area contributed by atoms with Crippen molar-refractivity contribution in [3.63, 3.8) is 0 Å². The minimum Gasteiger partial charge on any atom is -0.497 e. The van der Waals surface area contributed by atoms with Crippen LogP contribution in [0.25, 0.3) is 0 Å². The Balaban J connectivity index is 1.60. The van der Waals surface area contributed by atoms with Crippen LogP contribution in [0, 0.1) is 5.92 Å². The summed E-state index contributed by atoms with van der Waals surface area (Å²) >= 11 is 1.39. The lowest BCUT2D eigenvalue weighted by Gasteiger charge is -2.19. The van der Waals surface area contributed by atoms with E-state index in [0.29, 0.717) is 11.7 Å². The highest BCUT2D eigenvalue weighted by Gasteiger charge is 2.33. The monoisotopic (exact) mass is 332 g/mol. The molecule has 1 aromatic carbocycles. The number of thioether (sulfide) groups is 1. The predicted molar refractivity (Wildman–Crippen MR) is 88.3 cm³/mol. The van der Waals surface area contributed by atoms with Crippen molar-refractivity contribution in [1.82, 2.24) is 20.1 Å². The van der Waals surface area contributed by atoms with Crippen molar-refractivity contribution in [3.05, 3.63) is 36.2 Å². The summed E-state index contributed by atoms with van der Waals surface area (Å²) in [5.41, 5.74) is 1.13. The quantitative estimate of drug-likeness (QED) is 0.787. The van der Waals surface area contributed by atoms with Gasteiger partial charge in [0.15, 0.2) is 5.16 Å². The summed E-state index contributed by atoms with van der Waals surface area (Å²) < 4.78 is 7.00. The number of methoxy groups -OCH3 is 1. The van der Waals surface area contributed by atoms with E-state index in [1.165, 1.54) is 11.8 Å². The van der Waals surface area contributed by atoms with Crippen LogP contribution in [0.4, 0.5) is 0 Å². The summed E-state index contributed by atoms with van der Waals surface area (Å²) in [5.74, 6) is 1.72. The van der Waals surface area contributed by atoms with E-state index in [4.69, 9.17) is 4.74 Å². The van der Waals surface area contributed by atoms with Crippen LogP contribution in [0.1, 0.15) is 24.4 Å². The van der Waals surface area contributed by atoms with Crippen LogP contribution in [-0.2, 0) is 11.8 Å². The maximum absolute atomic E-state index is 12.3. The first-order chi connectivity index (χ1) is 11.2. The topological polar surface area (TPSA) is 69.0 Å². The molecule has 1 heterocycles. The van der Waals surface area contributed by atoms with Crippen molar-refractivity contribution in [1.29, 1.82) is 0 Å². The summed E-state index contributed by atoms with van der Waals surface area (Å²) in [7, 11) is 3.52. The average Bonchev–Trinajstić information content (AvgIpc) is 3.33. The second-order valence-corrected chi connectivity index (χ2v) is 6.61. The number of amides is 1. The minimum atomic E-state index is 0.0192. The standard InChI is InChI=1S/C16H20N4O2S/c1-20-10-17-19-16(20)23-9-14(21)18-15(11-3-4-11)12-5-7-13(22-2)8-6-12/h5-8,10-11,15H,3-4,9H2,1-2H3,(H,18,21). The molecule has 3 rings (SSSR count). The van der Waals surface area contributed by atoms with E-state index in [0.717, 1.165) is 29.3 Å². The summed E-state index contributed by atoms with van der Waals surface area (Å²) in [6.45, 7) is 0. The molecule has 0 bridgehead atoms. The van der Waals surface area contributed by atoms with Gasteiger partial charge in [0.25, 0.3) is 0 Å². The molecular formula is C16H20N4O2S. The Hall–Kier alpha value is -2.02. The second kappa shape index (κ2) is 7.04. The first-order valence-corrected chi connectivity index (χ1v) is 8.56. The van der Waals surface area contributed by atoms with Crippen molar-refractivity contribution in [2.75, 3.05) is 12.9 Å². The van der Waals surface area contributed by atoms with Crippen molar-refractivity contribution >= 4 is 17.7 Å². The molecule has 1 atom stereocenters. The number of hydrogen-bond acceptors (Lipinski definition) is 5. The van der Waals surface area contributed by atoms with E-state index in [-0.39, 0.29) is 11.9 Å². The number of aromatic nitrogens is 3. The van der Waals surface area contributed by atoms with Crippen LogP contribution < -0.4 is 10.1 Å². The highest BCUT2D eigenvalue weighted by Crippen LogP contribution is 2.41. The second-order valence-electron chi connectivity index (χ2n) is 5.67. The molecule has 0 aliphatic heterocycles. The van der Waals surface area contributed by atoms with Gasteiger partial charge in [-0.05, 0) is 36.5 Å². The lowest BCUT2D eigenvalue weighted by Crippen LogP contribution is -2.31. The Morgan fingerprint density at radius 3 is 2.74 bits per heavy atom. The molecular weight excluding hydrogens is 312 g/mol. The molecule has 1 fully saturated rings. The predicted octanol–water partition coefficient (Wildman–Crippen LogP) is 2.18. The molecule has 1 amide bonds. The molecule has 1 unspecified atom stereocenters. The number of carbonyl (C=O) groups is 1. The van der Waals surface area contributed by atoms with Crippen molar-refractivity contribution in [2.45, 2.75) is 24.0 Å². The zero-order valence-corrected chi connectivity index (χ0v) is 14.0. The molecule has 1 aliphatic rings. The highest BCUT2D eigenvalue weighted by molar-refractivity contribution is 7.99. The van der Waals surface area contributed by atoms with Gasteiger partial charge in [-0.1, -0.05) is 23.9 Å². The van der Waals surface area contributed by atoms with Crippen molar-refractivity contribution in [2.24, 2.45) is 13.0 Å². The van der Waals surface area contributed by atoms with Crippen molar-refractivity contribution in [3.8, 4) is 5.75 Å². The molecule has 0 radical (unpaired) electrons. The SMILES string of the molecule is COc1ccc(C(NC(=O)CSc2nncn2C)C2CC2)cc1. The van der Waals surface area contributed by atoms with E-state index < -0.39 is 0 Å². The van der Waals surface area contributed by atoms with Gasteiger partial charge in [-0.25, -0.2) is 0 Å². The molecule has 0 spiro atoms. The zero-order chi connectivity index (χ0) is 16.2. The molecule has 1 aliphatic carbocycles. The maximum atomic E-state index is 12.3. The number of nitrogens with one attached hydrogen (secondary N) is 1. The minimum absolute atomic E-state index is 0.0192. The number of rotatable bonds is 7. The van der Waals surface area contributed by atoms with Crippen LogP contribution in [0.5, 0.6) is 5.75 Å². The Bertz CT molecular complexity index is 667. The van der Waals surface area contributed by atoms with Gasteiger partial charge in [0.2, 0.25) is 5.91 Å². The Morgan fingerprint density at radius 1 is 1.43 bits per heavy atom. The number of aryl methyl sites for hydroxylation is 1. The average molecular weight is 332 g/mol. The molecule has 2 aromatic rings. The number of hydrogen-bond donors (Lipinski definition) is 1. The lowest BCUT2D eigenvalue weighted by molar-refractivity contribution is -0.119. The number of carbonyl (C=O) groups excluding carboxylic acids is 1. The van der Waals surface area contributed by atoms with E-state index in [1.54, 1.807) is 18.0 Å². The van der Waals surface area contributed by atoms with Gasteiger partial charge in [-0.2, -0.15) is 0 Å². The summed E-state index contributed by atoms with van der Waals surface area (Å²) in [6, 6.07) is 8.00. The van der Waals surface area contributed by atoms with E-state index >= 15 is 0 Å². The smallest absolute Gasteiger partial charge is 0.230 e. The van der Waals surface area contributed by atoms with Gasteiger partial charge >= 0.3 is 0 Å². The number of nitrogens with zero attached hydrogens (tertiary/aromatic N) is 3. The number of ether oxygens (including phenoxy) is 1. The fraction of sp³-hybridized carbons (Fsp3) is 0.438. The molecule has 7 heteroatoms.